The molecule has 0 saturated carbocycles. The summed E-state index contributed by atoms with van der Waals surface area (Å²) >= 11 is 0. The lowest BCUT2D eigenvalue weighted by Crippen LogP contribution is -2.52. The number of piperidine rings is 1. The number of pyridine rings is 1. The SMILES string of the molecule is Cc1cccc(N2CCC([C@@](C)(O)C(F)(F)F)CC2)n1. The van der Waals surface area contributed by atoms with Crippen LogP contribution in [0.5, 0.6) is 0 Å². The van der Waals surface area contributed by atoms with Crippen molar-refractivity contribution in [3.8, 4) is 0 Å². The van der Waals surface area contributed by atoms with Crippen LogP contribution in [-0.4, -0.2) is 35.0 Å². The third-order valence-electron chi connectivity index (χ3n) is 4.06. The lowest BCUT2D eigenvalue weighted by molar-refractivity contribution is -0.273. The van der Waals surface area contributed by atoms with Crippen molar-refractivity contribution >= 4 is 5.82 Å². The third-order valence-corrected chi connectivity index (χ3v) is 4.06. The van der Waals surface area contributed by atoms with Gasteiger partial charge in [0.1, 0.15) is 5.82 Å². The summed E-state index contributed by atoms with van der Waals surface area (Å²) < 4.78 is 38.4. The van der Waals surface area contributed by atoms with Gasteiger partial charge < -0.3 is 10.0 Å². The van der Waals surface area contributed by atoms with Crippen molar-refractivity contribution in [2.45, 2.75) is 38.5 Å². The van der Waals surface area contributed by atoms with Crippen LogP contribution in [0, 0.1) is 12.8 Å². The van der Waals surface area contributed by atoms with E-state index in [9.17, 15) is 18.3 Å². The van der Waals surface area contributed by atoms with Gasteiger partial charge in [0.2, 0.25) is 0 Å². The molecule has 1 aliphatic rings. The quantitative estimate of drug-likeness (QED) is 0.909. The van der Waals surface area contributed by atoms with E-state index in [2.05, 4.69) is 4.98 Å². The van der Waals surface area contributed by atoms with Crippen LogP contribution in [-0.2, 0) is 0 Å². The number of aliphatic hydroxyl groups is 1. The van der Waals surface area contributed by atoms with Crippen LogP contribution in [0.3, 0.4) is 0 Å². The van der Waals surface area contributed by atoms with Crippen molar-refractivity contribution in [2.75, 3.05) is 18.0 Å². The van der Waals surface area contributed by atoms with E-state index in [1.807, 2.05) is 30.0 Å². The number of alkyl halides is 3. The molecular weight excluding hydrogens is 269 g/mol. The first-order valence-corrected chi connectivity index (χ1v) is 6.69. The number of halogens is 3. The van der Waals surface area contributed by atoms with Crippen LogP contribution < -0.4 is 4.90 Å². The summed E-state index contributed by atoms with van der Waals surface area (Å²) in [6.45, 7) is 3.71. The van der Waals surface area contributed by atoms with Gasteiger partial charge in [-0.1, -0.05) is 6.07 Å². The molecule has 1 aromatic heterocycles. The number of aromatic nitrogens is 1. The predicted molar refractivity (Wildman–Crippen MR) is 70.6 cm³/mol. The molecule has 0 spiro atoms. The molecule has 20 heavy (non-hydrogen) atoms. The standard InChI is InChI=1S/C14H19F3N2O/c1-10-4-3-5-12(18-10)19-8-6-11(7-9-19)13(2,20)14(15,16)17/h3-5,11,20H,6-9H2,1-2H3/t13-/m1/s1. The second kappa shape index (κ2) is 5.24. The predicted octanol–water partition coefficient (Wildman–Crippen LogP) is 2.92. The Kier molecular flexibility index (Phi) is 3.95. The number of anilines is 1. The van der Waals surface area contributed by atoms with Gasteiger partial charge in [-0.15, -0.1) is 0 Å². The molecule has 6 heteroatoms. The Labute approximate surface area is 116 Å². The van der Waals surface area contributed by atoms with Gasteiger partial charge in [-0.25, -0.2) is 4.98 Å². The van der Waals surface area contributed by atoms with Gasteiger partial charge in [0, 0.05) is 18.8 Å². The molecule has 1 saturated heterocycles. The van der Waals surface area contributed by atoms with Gasteiger partial charge in [-0.2, -0.15) is 13.2 Å². The zero-order valence-electron chi connectivity index (χ0n) is 11.6. The average Bonchev–Trinajstić information content (AvgIpc) is 2.37. The highest BCUT2D eigenvalue weighted by Gasteiger charge is 2.54. The fourth-order valence-corrected chi connectivity index (χ4v) is 2.61. The average molecular weight is 288 g/mol. The van der Waals surface area contributed by atoms with Crippen molar-refractivity contribution in [3.63, 3.8) is 0 Å². The van der Waals surface area contributed by atoms with Crippen molar-refractivity contribution in [1.29, 1.82) is 0 Å². The normalized spacial score (nSPS) is 20.8. The zero-order valence-corrected chi connectivity index (χ0v) is 11.6. The summed E-state index contributed by atoms with van der Waals surface area (Å²) in [6.07, 6.45) is -3.97. The van der Waals surface area contributed by atoms with Crippen molar-refractivity contribution in [2.24, 2.45) is 5.92 Å². The minimum absolute atomic E-state index is 0.308. The Morgan fingerprint density at radius 1 is 1.25 bits per heavy atom. The summed E-state index contributed by atoms with van der Waals surface area (Å²) in [4.78, 5) is 6.34. The van der Waals surface area contributed by atoms with E-state index in [1.54, 1.807) is 0 Å². The Morgan fingerprint density at radius 3 is 2.35 bits per heavy atom. The Hall–Kier alpha value is -1.30. The largest absolute Gasteiger partial charge is 0.417 e. The molecule has 2 rings (SSSR count). The highest BCUT2D eigenvalue weighted by molar-refractivity contribution is 5.39. The van der Waals surface area contributed by atoms with E-state index in [0.717, 1.165) is 18.4 Å². The van der Waals surface area contributed by atoms with Gasteiger partial charge >= 0.3 is 6.18 Å². The van der Waals surface area contributed by atoms with Gasteiger partial charge in [0.05, 0.1) is 0 Å². The van der Waals surface area contributed by atoms with E-state index in [-0.39, 0.29) is 0 Å². The van der Waals surface area contributed by atoms with Crippen molar-refractivity contribution < 1.29 is 18.3 Å². The van der Waals surface area contributed by atoms with E-state index >= 15 is 0 Å². The Bertz CT molecular complexity index is 466. The molecule has 112 valence electrons. The van der Waals surface area contributed by atoms with E-state index < -0.39 is 17.7 Å². The molecule has 1 atom stereocenters. The Balaban J connectivity index is 2.03. The molecule has 1 N–H and O–H groups in total. The maximum absolute atomic E-state index is 12.8. The molecule has 1 fully saturated rings. The second-order valence-corrected chi connectivity index (χ2v) is 5.54. The smallest absolute Gasteiger partial charge is 0.380 e. The lowest BCUT2D eigenvalue weighted by atomic mass is 9.81. The van der Waals surface area contributed by atoms with Gasteiger partial charge in [0.25, 0.3) is 0 Å². The van der Waals surface area contributed by atoms with Crippen molar-refractivity contribution in [3.05, 3.63) is 23.9 Å². The fraction of sp³-hybridized carbons (Fsp3) is 0.643. The second-order valence-electron chi connectivity index (χ2n) is 5.54. The van der Waals surface area contributed by atoms with Crippen LogP contribution in [0.1, 0.15) is 25.5 Å². The summed E-state index contributed by atoms with van der Waals surface area (Å²) in [5.41, 5.74) is -1.73. The monoisotopic (exact) mass is 288 g/mol. The molecule has 0 unspecified atom stereocenters. The first-order chi connectivity index (χ1) is 9.22. The zero-order chi connectivity index (χ0) is 15.0. The number of rotatable bonds is 2. The third kappa shape index (κ3) is 2.90. The minimum atomic E-state index is -4.58. The molecule has 0 amide bonds. The first kappa shape index (κ1) is 15.1. The summed E-state index contributed by atoms with van der Waals surface area (Å²) in [5, 5.41) is 9.72. The molecule has 0 radical (unpaired) electrons. The number of hydrogen-bond donors (Lipinski definition) is 1. The molecular formula is C14H19F3N2O. The topological polar surface area (TPSA) is 36.4 Å². The Morgan fingerprint density at radius 2 is 1.85 bits per heavy atom. The minimum Gasteiger partial charge on any atom is -0.380 e. The molecule has 2 heterocycles. The molecule has 0 aromatic carbocycles. The van der Waals surface area contributed by atoms with Gasteiger partial charge in [0.15, 0.2) is 5.60 Å². The lowest BCUT2D eigenvalue weighted by Gasteiger charge is -2.40. The number of nitrogens with zero attached hydrogens (tertiary/aromatic N) is 2. The molecule has 1 aromatic rings. The van der Waals surface area contributed by atoms with Crippen LogP contribution >= 0.6 is 0 Å². The highest BCUT2D eigenvalue weighted by atomic mass is 19.4. The van der Waals surface area contributed by atoms with E-state index in [1.165, 1.54) is 0 Å². The highest BCUT2D eigenvalue weighted by Crippen LogP contribution is 2.40. The number of hydrogen-bond acceptors (Lipinski definition) is 3. The van der Waals surface area contributed by atoms with Crippen LogP contribution in [0.2, 0.25) is 0 Å². The van der Waals surface area contributed by atoms with E-state index in [4.69, 9.17) is 0 Å². The molecule has 3 nitrogen and oxygen atoms in total. The summed E-state index contributed by atoms with van der Waals surface area (Å²) in [7, 11) is 0. The molecule has 1 aliphatic heterocycles. The fourth-order valence-electron chi connectivity index (χ4n) is 2.61. The molecule has 0 bridgehead atoms. The van der Waals surface area contributed by atoms with Crippen LogP contribution in [0.15, 0.2) is 18.2 Å². The van der Waals surface area contributed by atoms with Crippen LogP contribution in [0.4, 0.5) is 19.0 Å². The number of aryl methyl sites for hydroxylation is 1. The maximum Gasteiger partial charge on any atom is 0.417 e. The molecule has 0 aliphatic carbocycles. The summed E-state index contributed by atoms with van der Waals surface area (Å²) in [5.74, 6) is 0.0265. The maximum atomic E-state index is 12.8. The van der Waals surface area contributed by atoms with Crippen LogP contribution in [0.25, 0.3) is 0 Å². The van der Waals surface area contributed by atoms with Gasteiger partial charge in [-0.3, -0.25) is 0 Å². The van der Waals surface area contributed by atoms with Crippen molar-refractivity contribution in [1.82, 2.24) is 4.98 Å². The van der Waals surface area contributed by atoms with E-state index in [0.29, 0.717) is 25.9 Å². The van der Waals surface area contributed by atoms with Gasteiger partial charge in [-0.05, 0) is 44.7 Å². The summed E-state index contributed by atoms with van der Waals surface area (Å²) in [6, 6.07) is 5.62. The first-order valence-electron chi connectivity index (χ1n) is 6.69.